The molecule has 1 aromatic rings. The number of aryl methyl sites for hydroxylation is 1. The first-order valence-electron chi connectivity index (χ1n) is 4.99. The Morgan fingerprint density at radius 3 is 3.07 bits per heavy atom. The van der Waals surface area contributed by atoms with Gasteiger partial charge >= 0.3 is 0 Å². The van der Waals surface area contributed by atoms with Crippen molar-refractivity contribution in [2.24, 2.45) is 0 Å². The molecule has 0 aromatic carbocycles. The van der Waals surface area contributed by atoms with Gasteiger partial charge < -0.3 is 4.90 Å². The molecule has 0 atom stereocenters. The van der Waals surface area contributed by atoms with E-state index in [0.717, 1.165) is 31.8 Å². The van der Waals surface area contributed by atoms with Crippen molar-refractivity contribution in [3.8, 4) is 0 Å². The number of hydrogen-bond acceptors (Lipinski definition) is 2. The lowest BCUT2D eigenvalue weighted by molar-refractivity contribution is 0.444. The molecule has 0 aliphatic carbocycles. The molecular weight excluding hydrogens is 174 g/mol. The summed E-state index contributed by atoms with van der Waals surface area (Å²) < 4.78 is 0. The second-order valence-electron chi connectivity index (χ2n) is 3.77. The Kier molecular flexibility index (Phi) is 2.48. The van der Waals surface area contributed by atoms with E-state index in [-0.39, 0.29) is 0 Å². The molecule has 0 unspecified atom stereocenters. The standard InChI is InChI=1S/C11H15N3/c1-9-4-5-13-7-10(9)8-14-6-2-3-11(14)12/h4-5,7,12H,2-3,6,8H2,1H3. The van der Waals surface area contributed by atoms with Crippen LogP contribution in [0.2, 0.25) is 0 Å². The lowest BCUT2D eigenvalue weighted by Gasteiger charge is -2.18. The van der Waals surface area contributed by atoms with Crippen LogP contribution in [-0.2, 0) is 6.54 Å². The zero-order valence-electron chi connectivity index (χ0n) is 8.45. The molecule has 1 fully saturated rings. The molecule has 3 nitrogen and oxygen atoms in total. The van der Waals surface area contributed by atoms with Gasteiger partial charge in [-0.1, -0.05) is 0 Å². The van der Waals surface area contributed by atoms with E-state index in [1.54, 1.807) is 0 Å². The van der Waals surface area contributed by atoms with Crippen molar-refractivity contribution < 1.29 is 0 Å². The summed E-state index contributed by atoms with van der Waals surface area (Å²) in [6.07, 6.45) is 5.77. The molecule has 1 aliphatic rings. The van der Waals surface area contributed by atoms with E-state index < -0.39 is 0 Å². The van der Waals surface area contributed by atoms with Crippen LogP contribution in [0.25, 0.3) is 0 Å². The number of hydrogen-bond donors (Lipinski definition) is 1. The maximum atomic E-state index is 7.73. The van der Waals surface area contributed by atoms with Crippen molar-refractivity contribution in [1.82, 2.24) is 9.88 Å². The quantitative estimate of drug-likeness (QED) is 0.772. The molecule has 3 heteroatoms. The first-order chi connectivity index (χ1) is 6.77. The number of rotatable bonds is 2. The summed E-state index contributed by atoms with van der Waals surface area (Å²) in [6.45, 7) is 3.96. The summed E-state index contributed by atoms with van der Waals surface area (Å²) in [4.78, 5) is 6.24. The molecule has 74 valence electrons. The highest BCUT2D eigenvalue weighted by Crippen LogP contribution is 2.15. The van der Waals surface area contributed by atoms with Crippen molar-refractivity contribution in [2.75, 3.05) is 6.54 Å². The second-order valence-corrected chi connectivity index (χ2v) is 3.77. The van der Waals surface area contributed by atoms with Crippen LogP contribution >= 0.6 is 0 Å². The fourth-order valence-electron chi connectivity index (χ4n) is 1.77. The zero-order chi connectivity index (χ0) is 9.97. The van der Waals surface area contributed by atoms with E-state index in [2.05, 4.69) is 16.8 Å². The number of likely N-dealkylation sites (tertiary alicyclic amines) is 1. The van der Waals surface area contributed by atoms with E-state index in [9.17, 15) is 0 Å². The number of nitrogens with zero attached hydrogens (tertiary/aromatic N) is 2. The van der Waals surface area contributed by atoms with Gasteiger partial charge in [-0.25, -0.2) is 0 Å². The Hall–Kier alpha value is -1.38. The smallest absolute Gasteiger partial charge is 0.0961 e. The molecule has 0 bridgehead atoms. The summed E-state index contributed by atoms with van der Waals surface area (Å²) >= 11 is 0. The largest absolute Gasteiger partial charge is 0.356 e. The normalized spacial score (nSPS) is 16.4. The molecule has 1 aromatic heterocycles. The van der Waals surface area contributed by atoms with E-state index in [4.69, 9.17) is 5.41 Å². The molecule has 0 amide bonds. The molecule has 1 saturated heterocycles. The first-order valence-corrected chi connectivity index (χ1v) is 4.99. The van der Waals surface area contributed by atoms with Crippen molar-refractivity contribution in [3.63, 3.8) is 0 Å². The van der Waals surface area contributed by atoms with Gasteiger partial charge in [0.05, 0.1) is 5.84 Å². The minimum atomic E-state index is 0.772. The third-order valence-electron chi connectivity index (χ3n) is 2.73. The average Bonchev–Trinajstić information content (AvgIpc) is 2.56. The third-order valence-corrected chi connectivity index (χ3v) is 2.73. The highest BCUT2D eigenvalue weighted by Gasteiger charge is 2.17. The lowest BCUT2D eigenvalue weighted by atomic mass is 10.1. The minimum Gasteiger partial charge on any atom is -0.356 e. The molecule has 2 heterocycles. The Morgan fingerprint density at radius 1 is 1.57 bits per heavy atom. The van der Waals surface area contributed by atoms with Gasteiger partial charge in [0.1, 0.15) is 0 Å². The van der Waals surface area contributed by atoms with Gasteiger partial charge in [-0.2, -0.15) is 0 Å². The number of nitrogens with one attached hydrogen (secondary N) is 1. The average molecular weight is 189 g/mol. The molecule has 14 heavy (non-hydrogen) atoms. The molecular formula is C11H15N3. The Morgan fingerprint density at radius 2 is 2.43 bits per heavy atom. The monoisotopic (exact) mass is 189 g/mol. The Bertz CT molecular complexity index is 346. The van der Waals surface area contributed by atoms with Crippen LogP contribution in [0.1, 0.15) is 24.0 Å². The molecule has 2 rings (SSSR count). The van der Waals surface area contributed by atoms with Crippen molar-refractivity contribution >= 4 is 5.84 Å². The highest BCUT2D eigenvalue weighted by molar-refractivity contribution is 5.80. The van der Waals surface area contributed by atoms with Gasteiger partial charge in [-0.05, 0) is 30.5 Å². The van der Waals surface area contributed by atoms with Crippen molar-refractivity contribution in [1.29, 1.82) is 5.41 Å². The second kappa shape index (κ2) is 3.78. The zero-order valence-corrected chi connectivity index (χ0v) is 8.45. The van der Waals surface area contributed by atoms with Crippen LogP contribution in [0.4, 0.5) is 0 Å². The van der Waals surface area contributed by atoms with E-state index in [0.29, 0.717) is 0 Å². The Balaban J connectivity index is 2.10. The van der Waals surface area contributed by atoms with Gasteiger partial charge in [-0.15, -0.1) is 0 Å². The third kappa shape index (κ3) is 1.76. The van der Waals surface area contributed by atoms with Crippen LogP contribution in [0.5, 0.6) is 0 Å². The Labute approximate surface area is 84.3 Å². The summed E-state index contributed by atoms with van der Waals surface area (Å²) in [5.74, 6) is 0.772. The van der Waals surface area contributed by atoms with Crippen LogP contribution in [0, 0.1) is 12.3 Å². The van der Waals surface area contributed by atoms with Crippen LogP contribution in [0.15, 0.2) is 18.5 Å². The fourth-order valence-corrected chi connectivity index (χ4v) is 1.77. The number of pyridine rings is 1. The lowest BCUT2D eigenvalue weighted by Crippen LogP contribution is -2.23. The van der Waals surface area contributed by atoms with Gasteiger partial charge in [0.25, 0.3) is 0 Å². The van der Waals surface area contributed by atoms with E-state index in [1.807, 2.05) is 18.5 Å². The van der Waals surface area contributed by atoms with Crippen molar-refractivity contribution in [3.05, 3.63) is 29.6 Å². The minimum absolute atomic E-state index is 0.772. The summed E-state index contributed by atoms with van der Waals surface area (Å²) in [7, 11) is 0. The van der Waals surface area contributed by atoms with E-state index >= 15 is 0 Å². The van der Waals surface area contributed by atoms with Crippen LogP contribution in [-0.4, -0.2) is 22.3 Å². The first kappa shape index (κ1) is 9.19. The van der Waals surface area contributed by atoms with E-state index in [1.165, 1.54) is 11.1 Å². The predicted octanol–water partition coefficient (Wildman–Crippen LogP) is 1.96. The highest BCUT2D eigenvalue weighted by atomic mass is 15.2. The SMILES string of the molecule is Cc1ccncc1CN1CCCC1=N. The van der Waals surface area contributed by atoms with Crippen molar-refractivity contribution in [2.45, 2.75) is 26.3 Å². The maximum absolute atomic E-state index is 7.73. The molecule has 1 N–H and O–H groups in total. The van der Waals surface area contributed by atoms with Gasteiger partial charge in [0.2, 0.25) is 0 Å². The molecule has 1 aliphatic heterocycles. The predicted molar refractivity (Wildman–Crippen MR) is 56.3 cm³/mol. The summed E-state index contributed by atoms with van der Waals surface area (Å²) in [5, 5.41) is 7.73. The molecule has 0 radical (unpaired) electrons. The fraction of sp³-hybridized carbons (Fsp3) is 0.455. The van der Waals surface area contributed by atoms with Gasteiger partial charge in [-0.3, -0.25) is 10.4 Å². The summed E-state index contributed by atoms with van der Waals surface area (Å²) in [6, 6.07) is 2.02. The molecule has 0 saturated carbocycles. The number of aromatic nitrogens is 1. The van der Waals surface area contributed by atoms with Gasteiger partial charge in [0, 0.05) is 31.9 Å². The molecule has 0 spiro atoms. The van der Waals surface area contributed by atoms with Crippen LogP contribution in [0.3, 0.4) is 0 Å². The summed E-state index contributed by atoms with van der Waals surface area (Å²) in [5.41, 5.74) is 2.50. The van der Waals surface area contributed by atoms with Crippen LogP contribution < -0.4 is 0 Å². The number of amidine groups is 1. The topological polar surface area (TPSA) is 40.0 Å². The van der Waals surface area contributed by atoms with Gasteiger partial charge in [0.15, 0.2) is 0 Å². The maximum Gasteiger partial charge on any atom is 0.0961 e.